The second-order valence-corrected chi connectivity index (χ2v) is 2.86. The second-order valence-electron chi connectivity index (χ2n) is 2.86. The summed E-state index contributed by atoms with van der Waals surface area (Å²) in [4.78, 5) is 44.7. The molecule has 14 heavy (non-hydrogen) atoms. The third-order valence-corrected chi connectivity index (χ3v) is 1.95. The Kier molecular flexibility index (Phi) is 1.70. The van der Waals surface area contributed by atoms with Crippen LogP contribution < -0.4 is 0 Å². The molecule has 6 heteroatoms. The Hall–Kier alpha value is -1.98. The Morgan fingerprint density at radius 2 is 1.64 bits per heavy atom. The van der Waals surface area contributed by atoms with Crippen molar-refractivity contribution < 1.29 is 23.9 Å². The molecule has 0 aliphatic carbocycles. The molecule has 0 aromatic carbocycles. The molecule has 0 unspecified atom stereocenters. The molecule has 2 aliphatic rings. The van der Waals surface area contributed by atoms with Crippen LogP contribution in [-0.4, -0.2) is 28.7 Å². The number of hydrogen-bond acceptors (Lipinski definition) is 5. The standard InChI is InChI=1S/C8H5NO5/c10-5-1-2-6(11)9(5)4-3-7(12)14-8(4)13/h3H,1-2H2. The van der Waals surface area contributed by atoms with Gasteiger partial charge in [-0.1, -0.05) is 0 Å². The number of amides is 2. The van der Waals surface area contributed by atoms with Crippen LogP contribution in [0.1, 0.15) is 12.8 Å². The molecule has 0 spiro atoms. The minimum absolute atomic E-state index is 0.0671. The Morgan fingerprint density at radius 1 is 1.07 bits per heavy atom. The average Bonchev–Trinajstić information content (AvgIpc) is 2.57. The Balaban J connectivity index is 2.35. The first-order valence-corrected chi connectivity index (χ1v) is 3.93. The molecule has 1 saturated heterocycles. The number of hydrogen-bond donors (Lipinski definition) is 0. The monoisotopic (exact) mass is 195 g/mol. The van der Waals surface area contributed by atoms with Crippen LogP contribution in [0.3, 0.4) is 0 Å². The molecule has 2 aliphatic heterocycles. The van der Waals surface area contributed by atoms with E-state index in [1.54, 1.807) is 0 Å². The summed E-state index contributed by atoms with van der Waals surface area (Å²) >= 11 is 0. The minimum Gasteiger partial charge on any atom is -0.385 e. The number of rotatable bonds is 1. The van der Waals surface area contributed by atoms with Crippen molar-refractivity contribution in [2.24, 2.45) is 0 Å². The minimum atomic E-state index is -0.946. The number of cyclic esters (lactones) is 2. The molecule has 2 rings (SSSR count). The average molecular weight is 195 g/mol. The number of carbonyl (C=O) groups excluding carboxylic acids is 4. The molecule has 0 aromatic rings. The zero-order chi connectivity index (χ0) is 10.3. The fourth-order valence-electron chi connectivity index (χ4n) is 1.34. The quantitative estimate of drug-likeness (QED) is 0.308. The Labute approximate surface area is 78.1 Å². The van der Waals surface area contributed by atoms with Crippen LogP contribution in [0.25, 0.3) is 0 Å². The highest BCUT2D eigenvalue weighted by Crippen LogP contribution is 2.21. The first-order valence-electron chi connectivity index (χ1n) is 3.93. The van der Waals surface area contributed by atoms with Gasteiger partial charge in [0.2, 0.25) is 11.8 Å². The fraction of sp³-hybridized carbons (Fsp3) is 0.250. The third kappa shape index (κ3) is 1.12. The Morgan fingerprint density at radius 3 is 2.07 bits per heavy atom. The molecule has 1 fully saturated rings. The highest BCUT2D eigenvalue weighted by molar-refractivity contribution is 6.16. The highest BCUT2D eigenvalue weighted by atomic mass is 16.6. The van der Waals surface area contributed by atoms with E-state index in [0.29, 0.717) is 4.90 Å². The van der Waals surface area contributed by atoms with Gasteiger partial charge in [0.25, 0.3) is 0 Å². The normalized spacial score (nSPS) is 21.7. The number of carbonyl (C=O) groups is 4. The van der Waals surface area contributed by atoms with Crippen molar-refractivity contribution in [1.29, 1.82) is 0 Å². The largest absolute Gasteiger partial charge is 0.385 e. The van der Waals surface area contributed by atoms with Crippen molar-refractivity contribution in [1.82, 2.24) is 4.90 Å². The summed E-state index contributed by atoms with van der Waals surface area (Å²) in [6.07, 6.45) is 0.985. The van der Waals surface area contributed by atoms with Crippen molar-refractivity contribution in [2.75, 3.05) is 0 Å². The zero-order valence-electron chi connectivity index (χ0n) is 6.98. The molecule has 0 radical (unpaired) electrons. The van der Waals surface area contributed by atoms with E-state index in [9.17, 15) is 19.2 Å². The van der Waals surface area contributed by atoms with Gasteiger partial charge in [-0.05, 0) is 0 Å². The number of likely N-dealkylation sites (tertiary alicyclic amines) is 1. The van der Waals surface area contributed by atoms with Crippen LogP contribution in [0.5, 0.6) is 0 Å². The van der Waals surface area contributed by atoms with Crippen LogP contribution in [0.15, 0.2) is 11.8 Å². The molecule has 0 bridgehead atoms. The van der Waals surface area contributed by atoms with Gasteiger partial charge in [0.15, 0.2) is 0 Å². The van der Waals surface area contributed by atoms with Gasteiger partial charge in [0, 0.05) is 12.8 Å². The number of esters is 2. The zero-order valence-corrected chi connectivity index (χ0v) is 6.98. The van der Waals surface area contributed by atoms with Gasteiger partial charge in [-0.3, -0.25) is 9.59 Å². The van der Waals surface area contributed by atoms with E-state index in [0.717, 1.165) is 6.08 Å². The maximum absolute atomic E-state index is 11.2. The topological polar surface area (TPSA) is 80.8 Å². The first-order chi connectivity index (χ1) is 6.59. The molecule has 0 N–H and O–H groups in total. The predicted octanol–water partition coefficient (Wildman–Crippen LogP) is -0.897. The van der Waals surface area contributed by atoms with Crippen molar-refractivity contribution in [3.05, 3.63) is 11.8 Å². The summed E-state index contributed by atoms with van der Waals surface area (Å²) in [6.45, 7) is 0. The van der Waals surface area contributed by atoms with E-state index >= 15 is 0 Å². The lowest BCUT2D eigenvalue weighted by Crippen LogP contribution is -2.31. The Bertz CT molecular complexity index is 379. The highest BCUT2D eigenvalue weighted by Gasteiger charge is 2.39. The second kappa shape index (κ2) is 2.76. The smallest absolute Gasteiger partial charge is 0.363 e. The van der Waals surface area contributed by atoms with E-state index in [-0.39, 0.29) is 18.5 Å². The van der Waals surface area contributed by atoms with Crippen LogP contribution in [0.4, 0.5) is 0 Å². The summed E-state index contributed by atoms with van der Waals surface area (Å²) < 4.78 is 4.17. The molecular formula is C8H5NO5. The van der Waals surface area contributed by atoms with Gasteiger partial charge >= 0.3 is 11.9 Å². The summed E-state index contributed by atoms with van der Waals surface area (Å²) in [7, 11) is 0. The van der Waals surface area contributed by atoms with Gasteiger partial charge < -0.3 is 4.74 Å². The summed E-state index contributed by atoms with van der Waals surface area (Å²) in [5.74, 6) is -2.75. The van der Waals surface area contributed by atoms with Gasteiger partial charge in [-0.25, -0.2) is 14.5 Å². The fourth-order valence-corrected chi connectivity index (χ4v) is 1.34. The lowest BCUT2D eigenvalue weighted by atomic mass is 10.4. The lowest BCUT2D eigenvalue weighted by molar-refractivity contribution is -0.153. The van der Waals surface area contributed by atoms with Gasteiger partial charge in [-0.15, -0.1) is 0 Å². The molecule has 0 aromatic heterocycles. The van der Waals surface area contributed by atoms with Gasteiger partial charge in [0.05, 0.1) is 6.08 Å². The van der Waals surface area contributed by atoms with Crippen LogP contribution in [-0.2, 0) is 23.9 Å². The molecule has 2 amide bonds. The van der Waals surface area contributed by atoms with E-state index in [2.05, 4.69) is 4.74 Å². The molecule has 2 heterocycles. The van der Waals surface area contributed by atoms with Crippen molar-refractivity contribution in [3.63, 3.8) is 0 Å². The summed E-state index contributed by atoms with van der Waals surface area (Å²) in [5, 5.41) is 0. The van der Waals surface area contributed by atoms with Gasteiger partial charge in [0.1, 0.15) is 5.70 Å². The number of nitrogens with zero attached hydrogens (tertiary/aromatic N) is 1. The summed E-state index contributed by atoms with van der Waals surface area (Å²) in [5.41, 5.74) is -0.275. The van der Waals surface area contributed by atoms with Crippen molar-refractivity contribution in [2.45, 2.75) is 12.8 Å². The molecule has 6 nitrogen and oxygen atoms in total. The molecule has 0 saturated carbocycles. The van der Waals surface area contributed by atoms with Crippen LogP contribution in [0, 0.1) is 0 Å². The molecule has 72 valence electrons. The van der Waals surface area contributed by atoms with E-state index in [1.807, 2.05) is 0 Å². The van der Waals surface area contributed by atoms with E-state index in [4.69, 9.17) is 0 Å². The SMILES string of the molecule is O=C1C=C(N2C(=O)CCC2=O)C(=O)O1. The molecule has 0 atom stereocenters. The van der Waals surface area contributed by atoms with Crippen LogP contribution >= 0.6 is 0 Å². The van der Waals surface area contributed by atoms with Crippen molar-refractivity contribution >= 4 is 23.8 Å². The lowest BCUT2D eigenvalue weighted by Gasteiger charge is -2.10. The van der Waals surface area contributed by atoms with Crippen LogP contribution in [0.2, 0.25) is 0 Å². The molecular weight excluding hydrogens is 190 g/mol. The van der Waals surface area contributed by atoms with Crippen molar-refractivity contribution in [3.8, 4) is 0 Å². The predicted molar refractivity (Wildman–Crippen MR) is 40.3 cm³/mol. The third-order valence-electron chi connectivity index (χ3n) is 1.95. The maximum atomic E-state index is 11.2. The van der Waals surface area contributed by atoms with E-state index in [1.165, 1.54) is 0 Å². The maximum Gasteiger partial charge on any atom is 0.363 e. The number of ether oxygens (including phenoxy) is 1. The van der Waals surface area contributed by atoms with E-state index < -0.39 is 23.8 Å². The van der Waals surface area contributed by atoms with Gasteiger partial charge in [-0.2, -0.15) is 0 Å². The number of imide groups is 1. The first kappa shape index (κ1) is 8.61. The summed E-state index contributed by atoms with van der Waals surface area (Å²) in [6, 6.07) is 0.